The molecule has 0 atom stereocenters. The van der Waals surface area contributed by atoms with E-state index in [4.69, 9.17) is 0 Å². The molecule has 0 aliphatic carbocycles. The van der Waals surface area contributed by atoms with Gasteiger partial charge in [0, 0.05) is 11.9 Å². The molecule has 1 aromatic rings. The second-order valence-corrected chi connectivity index (χ2v) is 6.04. The third-order valence-electron chi connectivity index (χ3n) is 2.27. The van der Waals surface area contributed by atoms with E-state index in [1.807, 2.05) is 13.8 Å². The van der Waals surface area contributed by atoms with Crippen LogP contribution >= 0.6 is 15.9 Å². The Morgan fingerprint density at radius 3 is 2.07 bits per heavy atom. The normalized spacial score (nSPS) is 11.8. The number of aromatic nitrogens is 1. The van der Waals surface area contributed by atoms with Crippen molar-refractivity contribution in [3.63, 3.8) is 0 Å². The Kier molecular flexibility index (Phi) is 3.02. The highest BCUT2D eigenvalue weighted by Gasteiger charge is 2.18. The summed E-state index contributed by atoms with van der Waals surface area (Å²) >= 11 is 3.18. The molecule has 1 aromatic heterocycles. The lowest BCUT2D eigenvalue weighted by molar-refractivity contribution is 0.600. The van der Waals surface area contributed by atoms with Crippen LogP contribution in [0.3, 0.4) is 0 Å². The van der Waals surface area contributed by atoms with Gasteiger partial charge in [0.1, 0.15) is 9.50 Å². The third kappa shape index (κ3) is 1.98. The van der Waals surface area contributed by atoms with Gasteiger partial charge in [-0.3, -0.25) is 0 Å². The van der Waals surface area contributed by atoms with Crippen LogP contribution in [0.5, 0.6) is 0 Å². The first-order chi connectivity index (χ1) is 6.25. The van der Waals surface area contributed by atoms with Crippen molar-refractivity contribution in [3.8, 4) is 0 Å². The molecule has 0 N–H and O–H groups in total. The number of hydrogen-bond donors (Lipinski definition) is 0. The molecule has 0 unspecified atom stereocenters. The third-order valence-corrected chi connectivity index (χ3v) is 4.35. The van der Waals surface area contributed by atoms with Crippen molar-refractivity contribution in [1.29, 1.82) is 0 Å². The van der Waals surface area contributed by atoms with E-state index in [0.29, 0.717) is 9.50 Å². The van der Waals surface area contributed by atoms with Gasteiger partial charge in [0.2, 0.25) is 0 Å². The molecule has 1 rings (SSSR count). The molecule has 5 heteroatoms. The molecule has 0 aliphatic rings. The number of rotatable bonds is 1. The van der Waals surface area contributed by atoms with Gasteiger partial charge in [-0.2, -0.15) is 0 Å². The molecule has 0 amide bonds. The average molecular weight is 278 g/mol. The SMILES string of the molecule is Cc1nc(Br)c(S(C)(=O)=O)c(C)c1C. The lowest BCUT2D eigenvalue weighted by Gasteiger charge is -2.10. The first-order valence-corrected chi connectivity index (χ1v) is 6.77. The van der Waals surface area contributed by atoms with Crippen molar-refractivity contribution in [2.45, 2.75) is 25.7 Å². The van der Waals surface area contributed by atoms with E-state index >= 15 is 0 Å². The maximum atomic E-state index is 11.5. The van der Waals surface area contributed by atoms with Crippen molar-refractivity contribution in [2.75, 3.05) is 6.26 Å². The van der Waals surface area contributed by atoms with Crippen LogP contribution in [0, 0.1) is 20.8 Å². The van der Waals surface area contributed by atoms with Gasteiger partial charge >= 0.3 is 0 Å². The summed E-state index contributed by atoms with van der Waals surface area (Å²) in [5, 5.41) is 0. The highest BCUT2D eigenvalue weighted by Crippen LogP contribution is 2.27. The quantitative estimate of drug-likeness (QED) is 0.740. The molecule has 0 saturated heterocycles. The van der Waals surface area contributed by atoms with Crippen LogP contribution in [-0.2, 0) is 9.84 Å². The Bertz CT molecular complexity index is 480. The van der Waals surface area contributed by atoms with Crippen molar-refractivity contribution in [1.82, 2.24) is 4.98 Å². The summed E-state index contributed by atoms with van der Waals surface area (Å²) in [5.41, 5.74) is 2.54. The number of sulfone groups is 1. The minimum atomic E-state index is -3.21. The van der Waals surface area contributed by atoms with Crippen LogP contribution < -0.4 is 0 Å². The second-order valence-electron chi connectivity index (χ2n) is 3.34. The fourth-order valence-corrected chi connectivity index (χ4v) is 3.82. The van der Waals surface area contributed by atoms with E-state index in [0.717, 1.165) is 16.8 Å². The summed E-state index contributed by atoms with van der Waals surface area (Å²) in [6.07, 6.45) is 1.19. The lowest BCUT2D eigenvalue weighted by Crippen LogP contribution is -2.06. The largest absolute Gasteiger partial charge is 0.245 e. The zero-order chi connectivity index (χ0) is 11.1. The Morgan fingerprint density at radius 1 is 1.14 bits per heavy atom. The zero-order valence-corrected chi connectivity index (χ0v) is 11.0. The lowest BCUT2D eigenvalue weighted by atomic mass is 10.1. The first-order valence-electron chi connectivity index (χ1n) is 4.08. The molecule has 3 nitrogen and oxygen atoms in total. The molecule has 0 radical (unpaired) electrons. The van der Waals surface area contributed by atoms with Gasteiger partial charge in [-0.05, 0) is 47.8 Å². The fourth-order valence-electron chi connectivity index (χ4n) is 1.31. The molecule has 0 bridgehead atoms. The molecular weight excluding hydrogens is 266 g/mol. The average Bonchev–Trinajstić information content (AvgIpc) is 1.97. The Balaban J connectivity index is 3.70. The van der Waals surface area contributed by atoms with Gasteiger partial charge in [0.15, 0.2) is 9.84 Å². The van der Waals surface area contributed by atoms with Gasteiger partial charge in [-0.1, -0.05) is 0 Å². The van der Waals surface area contributed by atoms with Crippen LogP contribution in [0.15, 0.2) is 9.50 Å². The molecule has 0 aromatic carbocycles. The predicted molar refractivity (Wildman–Crippen MR) is 59.3 cm³/mol. The van der Waals surface area contributed by atoms with Crippen molar-refractivity contribution in [2.24, 2.45) is 0 Å². The second kappa shape index (κ2) is 3.62. The summed E-state index contributed by atoms with van der Waals surface area (Å²) in [5.74, 6) is 0. The molecule has 0 fully saturated rings. The first kappa shape index (κ1) is 11.7. The molecular formula is C9H12BrNO2S. The number of hydrogen-bond acceptors (Lipinski definition) is 3. The van der Waals surface area contributed by atoms with E-state index in [-0.39, 0.29) is 0 Å². The van der Waals surface area contributed by atoms with Crippen LogP contribution in [0.4, 0.5) is 0 Å². The highest BCUT2D eigenvalue weighted by molar-refractivity contribution is 9.10. The van der Waals surface area contributed by atoms with Gasteiger partial charge in [-0.25, -0.2) is 13.4 Å². The van der Waals surface area contributed by atoms with E-state index in [2.05, 4.69) is 20.9 Å². The molecule has 0 spiro atoms. The topological polar surface area (TPSA) is 47.0 Å². The number of pyridine rings is 1. The summed E-state index contributed by atoms with van der Waals surface area (Å²) in [6.45, 7) is 5.53. The summed E-state index contributed by atoms with van der Waals surface area (Å²) in [4.78, 5) is 4.43. The van der Waals surface area contributed by atoms with Crippen LogP contribution in [0.25, 0.3) is 0 Å². The molecule has 78 valence electrons. The van der Waals surface area contributed by atoms with Crippen LogP contribution in [0.1, 0.15) is 16.8 Å². The smallest absolute Gasteiger partial charge is 0.178 e. The standard InChI is InChI=1S/C9H12BrNO2S/c1-5-6(2)8(14(4,12)13)9(10)11-7(5)3/h1-4H3. The van der Waals surface area contributed by atoms with E-state index in [1.165, 1.54) is 6.26 Å². The van der Waals surface area contributed by atoms with Gasteiger partial charge < -0.3 is 0 Å². The van der Waals surface area contributed by atoms with Crippen molar-refractivity contribution >= 4 is 25.8 Å². The van der Waals surface area contributed by atoms with Gasteiger partial charge in [-0.15, -0.1) is 0 Å². The Labute approximate surface area is 92.6 Å². The summed E-state index contributed by atoms with van der Waals surface area (Å²) in [7, 11) is -3.21. The Morgan fingerprint density at radius 2 is 1.64 bits per heavy atom. The zero-order valence-electron chi connectivity index (χ0n) is 8.55. The van der Waals surface area contributed by atoms with Crippen molar-refractivity contribution < 1.29 is 8.42 Å². The summed E-state index contributed by atoms with van der Waals surface area (Å²) < 4.78 is 23.3. The number of halogens is 1. The van der Waals surface area contributed by atoms with E-state index in [1.54, 1.807) is 6.92 Å². The van der Waals surface area contributed by atoms with Crippen LogP contribution in [0.2, 0.25) is 0 Å². The van der Waals surface area contributed by atoms with Gasteiger partial charge in [0.25, 0.3) is 0 Å². The highest BCUT2D eigenvalue weighted by atomic mass is 79.9. The molecule has 14 heavy (non-hydrogen) atoms. The minimum Gasteiger partial charge on any atom is -0.245 e. The monoisotopic (exact) mass is 277 g/mol. The maximum absolute atomic E-state index is 11.5. The van der Waals surface area contributed by atoms with E-state index in [9.17, 15) is 8.42 Å². The molecule has 1 heterocycles. The minimum absolute atomic E-state index is 0.292. The van der Waals surface area contributed by atoms with Crippen molar-refractivity contribution in [3.05, 3.63) is 21.4 Å². The van der Waals surface area contributed by atoms with Crippen LogP contribution in [-0.4, -0.2) is 19.7 Å². The van der Waals surface area contributed by atoms with Gasteiger partial charge in [0.05, 0.1) is 0 Å². The fraction of sp³-hybridized carbons (Fsp3) is 0.444. The number of nitrogens with zero attached hydrogens (tertiary/aromatic N) is 1. The number of aryl methyl sites for hydroxylation is 1. The predicted octanol–water partition coefficient (Wildman–Crippen LogP) is 2.17. The molecule has 0 saturated carbocycles. The summed E-state index contributed by atoms with van der Waals surface area (Å²) in [6, 6.07) is 0. The maximum Gasteiger partial charge on any atom is 0.178 e. The molecule has 0 aliphatic heterocycles. The van der Waals surface area contributed by atoms with E-state index < -0.39 is 9.84 Å². The Hall–Kier alpha value is -0.420.